The van der Waals surface area contributed by atoms with Crippen LogP contribution in [0.2, 0.25) is 10.0 Å². The molecule has 1 amide bonds. The first-order valence-electron chi connectivity index (χ1n) is 11.5. The zero-order valence-corrected chi connectivity index (χ0v) is 20.2. The van der Waals surface area contributed by atoms with Gasteiger partial charge in [0, 0.05) is 47.4 Å². The van der Waals surface area contributed by atoms with Gasteiger partial charge in [-0.05, 0) is 79.9 Å². The fourth-order valence-corrected chi connectivity index (χ4v) is 4.59. The molecule has 2 heterocycles. The summed E-state index contributed by atoms with van der Waals surface area (Å²) in [5.74, 6) is 0.0328. The maximum absolute atomic E-state index is 12.7. The Balaban J connectivity index is 1.33. The van der Waals surface area contributed by atoms with E-state index in [1.165, 1.54) is 25.9 Å². The van der Waals surface area contributed by atoms with E-state index in [0.717, 1.165) is 36.2 Å². The highest BCUT2D eigenvalue weighted by Crippen LogP contribution is 2.29. The molecule has 0 radical (unpaired) electrons. The normalized spacial score (nSPS) is 14.0. The van der Waals surface area contributed by atoms with E-state index in [2.05, 4.69) is 15.2 Å². The summed E-state index contributed by atoms with van der Waals surface area (Å²) in [4.78, 5) is 19.6. The Bertz CT molecular complexity index is 985. The molecule has 0 spiro atoms. The van der Waals surface area contributed by atoms with E-state index < -0.39 is 0 Å². The van der Waals surface area contributed by atoms with Crippen molar-refractivity contribution < 1.29 is 4.79 Å². The molecule has 1 saturated heterocycles. The number of halogens is 2. The first kappa shape index (κ1) is 23.7. The summed E-state index contributed by atoms with van der Waals surface area (Å²) >= 11 is 12.2. The molecule has 6 heteroatoms. The first-order valence-corrected chi connectivity index (χ1v) is 12.3. The number of likely N-dealkylation sites (tertiary alicyclic amines) is 1. The molecule has 1 aliphatic heterocycles. The SMILES string of the molecule is O=C(NCCC(c1ccc(Cl)cc1)c1ccc(Cl)cc1)c1ccc(CCN2CCCC2)nc1. The Labute approximate surface area is 205 Å². The highest BCUT2D eigenvalue weighted by atomic mass is 35.5. The maximum Gasteiger partial charge on any atom is 0.252 e. The van der Waals surface area contributed by atoms with E-state index in [1.807, 2.05) is 60.7 Å². The molecule has 33 heavy (non-hydrogen) atoms. The number of benzene rings is 2. The van der Waals surface area contributed by atoms with Gasteiger partial charge in [-0.25, -0.2) is 0 Å². The van der Waals surface area contributed by atoms with Gasteiger partial charge in [0.2, 0.25) is 0 Å². The van der Waals surface area contributed by atoms with Crippen molar-refractivity contribution in [3.63, 3.8) is 0 Å². The Morgan fingerprint density at radius 3 is 2.06 bits per heavy atom. The van der Waals surface area contributed by atoms with Crippen LogP contribution in [-0.4, -0.2) is 42.0 Å². The van der Waals surface area contributed by atoms with Crippen LogP contribution in [0.25, 0.3) is 0 Å². The third-order valence-electron chi connectivity index (χ3n) is 6.23. The van der Waals surface area contributed by atoms with Gasteiger partial charge in [0.15, 0.2) is 0 Å². The summed E-state index contributed by atoms with van der Waals surface area (Å²) in [5, 5.41) is 4.46. The van der Waals surface area contributed by atoms with Gasteiger partial charge >= 0.3 is 0 Å². The number of nitrogens with one attached hydrogen (secondary N) is 1. The number of amides is 1. The summed E-state index contributed by atoms with van der Waals surface area (Å²) in [5.41, 5.74) is 3.93. The third kappa shape index (κ3) is 6.80. The number of hydrogen-bond acceptors (Lipinski definition) is 3. The van der Waals surface area contributed by atoms with Crippen LogP contribution in [0.1, 0.15) is 52.4 Å². The van der Waals surface area contributed by atoms with Gasteiger partial charge in [-0.2, -0.15) is 0 Å². The van der Waals surface area contributed by atoms with Crippen LogP contribution in [-0.2, 0) is 6.42 Å². The second-order valence-electron chi connectivity index (χ2n) is 8.54. The van der Waals surface area contributed by atoms with Crippen LogP contribution in [0.15, 0.2) is 66.9 Å². The lowest BCUT2D eigenvalue weighted by Gasteiger charge is -2.19. The van der Waals surface area contributed by atoms with Gasteiger partial charge in [0.1, 0.15) is 0 Å². The zero-order valence-electron chi connectivity index (χ0n) is 18.6. The molecule has 1 fully saturated rings. The van der Waals surface area contributed by atoms with Gasteiger partial charge in [0.25, 0.3) is 5.91 Å². The van der Waals surface area contributed by atoms with E-state index in [1.54, 1.807) is 6.20 Å². The van der Waals surface area contributed by atoms with E-state index >= 15 is 0 Å². The molecule has 4 rings (SSSR count). The smallest absolute Gasteiger partial charge is 0.252 e. The predicted molar refractivity (Wildman–Crippen MR) is 135 cm³/mol. The molecule has 0 bridgehead atoms. The average Bonchev–Trinajstić information content (AvgIpc) is 3.36. The molecule has 0 unspecified atom stereocenters. The van der Waals surface area contributed by atoms with Gasteiger partial charge < -0.3 is 10.2 Å². The molecule has 172 valence electrons. The van der Waals surface area contributed by atoms with Crippen LogP contribution in [0, 0.1) is 0 Å². The van der Waals surface area contributed by atoms with Gasteiger partial charge in [-0.15, -0.1) is 0 Å². The third-order valence-corrected chi connectivity index (χ3v) is 6.74. The quantitative estimate of drug-likeness (QED) is 0.408. The number of carbonyl (C=O) groups excluding carboxylic acids is 1. The van der Waals surface area contributed by atoms with E-state index in [-0.39, 0.29) is 11.8 Å². The second-order valence-corrected chi connectivity index (χ2v) is 9.41. The summed E-state index contributed by atoms with van der Waals surface area (Å²) in [6, 6.07) is 19.6. The molecule has 4 nitrogen and oxygen atoms in total. The molecule has 0 aliphatic carbocycles. The van der Waals surface area contributed by atoms with Crippen LogP contribution in [0.4, 0.5) is 0 Å². The van der Waals surface area contributed by atoms with Gasteiger partial charge in [-0.3, -0.25) is 9.78 Å². The van der Waals surface area contributed by atoms with Crippen LogP contribution in [0.3, 0.4) is 0 Å². The van der Waals surface area contributed by atoms with Crippen LogP contribution in [0.5, 0.6) is 0 Å². The number of rotatable bonds is 9. The fraction of sp³-hybridized carbons (Fsp3) is 0.333. The van der Waals surface area contributed by atoms with E-state index in [9.17, 15) is 4.79 Å². The van der Waals surface area contributed by atoms with Crippen molar-refractivity contribution in [1.82, 2.24) is 15.2 Å². The number of pyridine rings is 1. The van der Waals surface area contributed by atoms with Gasteiger partial charge in [0.05, 0.1) is 5.56 Å². The summed E-state index contributed by atoms with van der Waals surface area (Å²) in [7, 11) is 0. The molecule has 0 saturated carbocycles. The monoisotopic (exact) mass is 481 g/mol. The Morgan fingerprint density at radius 2 is 1.52 bits per heavy atom. The van der Waals surface area contributed by atoms with E-state index in [0.29, 0.717) is 22.2 Å². The predicted octanol–water partition coefficient (Wildman–Crippen LogP) is 5.98. The minimum Gasteiger partial charge on any atom is -0.352 e. The number of hydrogen-bond donors (Lipinski definition) is 1. The lowest BCUT2D eigenvalue weighted by molar-refractivity contribution is 0.0952. The molecule has 3 aromatic rings. The number of aromatic nitrogens is 1. The summed E-state index contributed by atoms with van der Waals surface area (Å²) < 4.78 is 0. The first-order chi connectivity index (χ1) is 16.1. The van der Waals surface area contributed by atoms with Crippen molar-refractivity contribution in [1.29, 1.82) is 0 Å². The highest BCUT2D eigenvalue weighted by Gasteiger charge is 2.16. The minimum absolute atomic E-state index is 0.0976. The van der Waals surface area contributed by atoms with Crippen molar-refractivity contribution in [2.24, 2.45) is 0 Å². The van der Waals surface area contributed by atoms with Crippen LogP contribution < -0.4 is 5.32 Å². The summed E-state index contributed by atoms with van der Waals surface area (Å²) in [6.07, 6.45) is 5.96. The molecule has 2 aromatic carbocycles. The Kier molecular flexibility index (Phi) is 8.38. The maximum atomic E-state index is 12.7. The minimum atomic E-state index is -0.0976. The lowest BCUT2D eigenvalue weighted by Crippen LogP contribution is -2.26. The fourth-order valence-electron chi connectivity index (χ4n) is 4.33. The molecular weight excluding hydrogens is 453 g/mol. The topological polar surface area (TPSA) is 45.2 Å². The molecule has 1 aliphatic rings. The zero-order chi connectivity index (χ0) is 23.0. The number of carbonyl (C=O) groups is 1. The highest BCUT2D eigenvalue weighted by molar-refractivity contribution is 6.30. The molecule has 0 atom stereocenters. The lowest BCUT2D eigenvalue weighted by atomic mass is 9.88. The number of nitrogens with zero attached hydrogens (tertiary/aromatic N) is 2. The Hall–Kier alpha value is -2.40. The molecule has 1 N–H and O–H groups in total. The largest absolute Gasteiger partial charge is 0.352 e. The Morgan fingerprint density at radius 1 is 0.909 bits per heavy atom. The molecular formula is C27H29Cl2N3O. The van der Waals surface area contributed by atoms with E-state index in [4.69, 9.17) is 23.2 Å². The van der Waals surface area contributed by atoms with Crippen molar-refractivity contribution in [3.8, 4) is 0 Å². The standard InChI is InChI=1S/C27H29Cl2N3O/c28-23-8-3-20(4-9-23)26(21-5-10-24(29)11-6-21)13-15-30-27(33)22-7-12-25(31-19-22)14-18-32-16-1-2-17-32/h3-12,19,26H,1-2,13-18H2,(H,30,33). The average molecular weight is 482 g/mol. The van der Waals surface area contributed by atoms with Crippen molar-refractivity contribution in [3.05, 3.63) is 99.3 Å². The summed E-state index contributed by atoms with van der Waals surface area (Å²) in [6.45, 7) is 3.96. The van der Waals surface area contributed by atoms with Crippen molar-refractivity contribution >= 4 is 29.1 Å². The van der Waals surface area contributed by atoms with Crippen LogP contribution >= 0.6 is 23.2 Å². The second kappa shape index (κ2) is 11.6. The van der Waals surface area contributed by atoms with Crippen molar-refractivity contribution in [2.75, 3.05) is 26.2 Å². The van der Waals surface area contributed by atoms with Gasteiger partial charge in [-0.1, -0.05) is 47.5 Å². The van der Waals surface area contributed by atoms with Crippen molar-refractivity contribution in [2.45, 2.75) is 31.6 Å². The molecule has 1 aromatic heterocycles.